The lowest BCUT2D eigenvalue weighted by Crippen LogP contribution is -2.50. The first-order valence-electron chi connectivity index (χ1n) is 9.34. The van der Waals surface area contributed by atoms with E-state index in [0.717, 1.165) is 10.4 Å². The summed E-state index contributed by atoms with van der Waals surface area (Å²) in [5.74, 6) is -1.55. The number of hydrogen-bond acceptors (Lipinski definition) is 8. The molecule has 1 aromatic carbocycles. The number of carbonyl (C=O) groups is 1. The van der Waals surface area contributed by atoms with E-state index in [1.54, 1.807) is 18.5 Å². The van der Waals surface area contributed by atoms with Crippen LogP contribution >= 0.6 is 0 Å². The summed E-state index contributed by atoms with van der Waals surface area (Å²) in [6.07, 6.45) is 5.94. The monoisotopic (exact) mass is 458 g/mol. The molecule has 0 radical (unpaired) electrons. The second-order valence-corrected chi connectivity index (χ2v) is 9.33. The first-order chi connectivity index (χ1) is 15.1. The molecule has 0 spiro atoms. The Morgan fingerprint density at radius 1 is 1.28 bits per heavy atom. The van der Waals surface area contributed by atoms with Gasteiger partial charge in [-0.1, -0.05) is 0 Å². The van der Waals surface area contributed by atoms with E-state index in [1.807, 2.05) is 0 Å². The highest BCUT2D eigenvalue weighted by molar-refractivity contribution is 7.89. The van der Waals surface area contributed by atoms with Crippen LogP contribution < -0.4 is 11.1 Å². The first kappa shape index (κ1) is 21.4. The second kappa shape index (κ2) is 7.67. The van der Waals surface area contributed by atoms with Crippen molar-refractivity contribution >= 4 is 27.6 Å². The van der Waals surface area contributed by atoms with Crippen molar-refractivity contribution < 1.29 is 17.6 Å². The van der Waals surface area contributed by atoms with Crippen molar-refractivity contribution in [1.82, 2.24) is 24.1 Å². The van der Waals surface area contributed by atoms with Gasteiger partial charge in [0.25, 0.3) is 5.91 Å². The van der Waals surface area contributed by atoms with Crippen LogP contribution in [0.2, 0.25) is 0 Å². The van der Waals surface area contributed by atoms with Gasteiger partial charge in [-0.3, -0.25) is 4.79 Å². The Morgan fingerprint density at radius 3 is 2.69 bits per heavy atom. The average Bonchev–Trinajstić information content (AvgIpc) is 3.28. The summed E-state index contributed by atoms with van der Waals surface area (Å²) in [7, 11) is -2.51. The number of nitrogens with one attached hydrogen (secondary N) is 1. The van der Waals surface area contributed by atoms with Gasteiger partial charge in [0.1, 0.15) is 17.1 Å². The van der Waals surface area contributed by atoms with Gasteiger partial charge in [0.2, 0.25) is 16.0 Å². The highest BCUT2D eigenvalue weighted by atomic mass is 32.2. The third kappa shape index (κ3) is 3.89. The lowest BCUT2D eigenvalue weighted by molar-refractivity contribution is 0.102. The normalized spacial score (nSPS) is 20.0. The van der Waals surface area contributed by atoms with Gasteiger partial charge in [0, 0.05) is 30.7 Å². The largest absolute Gasteiger partial charge is 0.369 e. The molecule has 166 valence electrons. The molecule has 0 aliphatic carbocycles. The van der Waals surface area contributed by atoms with Gasteiger partial charge in [0.15, 0.2) is 5.82 Å². The molecule has 0 saturated carbocycles. The van der Waals surface area contributed by atoms with Gasteiger partial charge in [-0.2, -0.15) is 5.10 Å². The molecular weight excluding hydrogens is 439 g/mol. The van der Waals surface area contributed by atoms with Crippen molar-refractivity contribution in [3.63, 3.8) is 0 Å². The van der Waals surface area contributed by atoms with Crippen LogP contribution in [0.15, 0.2) is 54.0 Å². The number of guanidine groups is 1. The molecule has 13 heteroatoms. The molecule has 0 fully saturated rings. The van der Waals surface area contributed by atoms with E-state index < -0.39 is 33.0 Å². The Kier molecular flexibility index (Phi) is 5.12. The van der Waals surface area contributed by atoms with Crippen molar-refractivity contribution in [2.75, 3.05) is 18.1 Å². The quantitative estimate of drug-likeness (QED) is 0.589. The van der Waals surface area contributed by atoms with Crippen molar-refractivity contribution in [3.8, 4) is 5.82 Å². The molecule has 3 N–H and O–H groups in total. The minimum absolute atomic E-state index is 0.0185. The molecule has 2 aromatic heterocycles. The average molecular weight is 458 g/mol. The molecule has 1 aliphatic rings. The first-order valence-corrected chi connectivity index (χ1v) is 11.0. The Balaban J connectivity index is 1.60. The number of halogens is 1. The highest BCUT2D eigenvalue weighted by Gasteiger charge is 2.41. The lowest BCUT2D eigenvalue weighted by Gasteiger charge is -2.34. The highest BCUT2D eigenvalue weighted by Crippen LogP contribution is 2.34. The third-order valence-corrected chi connectivity index (χ3v) is 6.93. The predicted molar refractivity (Wildman–Crippen MR) is 114 cm³/mol. The van der Waals surface area contributed by atoms with Crippen molar-refractivity contribution in [3.05, 3.63) is 66.1 Å². The van der Waals surface area contributed by atoms with E-state index in [9.17, 15) is 17.6 Å². The van der Waals surface area contributed by atoms with Crippen molar-refractivity contribution in [2.24, 2.45) is 10.7 Å². The summed E-state index contributed by atoms with van der Waals surface area (Å²) in [4.78, 5) is 25.0. The fourth-order valence-corrected chi connectivity index (χ4v) is 4.71. The van der Waals surface area contributed by atoms with Crippen LogP contribution in [0.3, 0.4) is 0 Å². The molecule has 1 amide bonds. The van der Waals surface area contributed by atoms with E-state index in [1.165, 1.54) is 43.2 Å². The zero-order chi connectivity index (χ0) is 23.1. The molecule has 0 saturated heterocycles. The fraction of sp³-hybridized carbons (Fsp3) is 0.211. The Bertz CT molecular complexity index is 1310. The van der Waals surface area contributed by atoms with Crippen molar-refractivity contribution in [1.29, 1.82) is 0 Å². The number of sulfonamides is 1. The van der Waals surface area contributed by atoms with Gasteiger partial charge in [-0.05, 0) is 31.2 Å². The minimum Gasteiger partial charge on any atom is -0.369 e. The van der Waals surface area contributed by atoms with Crippen LogP contribution in [0.1, 0.15) is 23.0 Å². The maximum absolute atomic E-state index is 14.7. The summed E-state index contributed by atoms with van der Waals surface area (Å²) in [6.45, 7) is 1.47. The Labute approximate surface area is 182 Å². The van der Waals surface area contributed by atoms with Crippen LogP contribution in [0.4, 0.5) is 10.1 Å². The number of benzene rings is 1. The molecule has 11 nitrogen and oxygen atoms in total. The molecule has 0 bridgehead atoms. The summed E-state index contributed by atoms with van der Waals surface area (Å²) in [5, 5.41) is 6.64. The molecule has 4 rings (SSSR count). The Hall–Kier alpha value is -3.87. The number of aromatic nitrogens is 4. The maximum atomic E-state index is 14.7. The predicted octanol–water partition coefficient (Wildman–Crippen LogP) is 0.859. The summed E-state index contributed by atoms with van der Waals surface area (Å²) in [6, 6.07) is 5.53. The zero-order valence-electron chi connectivity index (χ0n) is 17.1. The van der Waals surface area contributed by atoms with Crippen LogP contribution in [0, 0.1) is 5.82 Å². The minimum atomic E-state index is -3.79. The smallest absolute Gasteiger partial charge is 0.275 e. The van der Waals surface area contributed by atoms with Crippen molar-refractivity contribution in [2.45, 2.75) is 12.5 Å². The topological polar surface area (TPSA) is 148 Å². The molecule has 3 heterocycles. The van der Waals surface area contributed by atoms with E-state index >= 15 is 0 Å². The molecule has 0 unspecified atom stereocenters. The van der Waals surface area contributed by atoms with E-state index in [4.69, 9.17) is 5.73 Å². The number of carbonyl (C=O) groups excluding carboxylic acids is 1. The zero-order valence-corrected chi connectivity index (χ0v) is 17.9. The molecule has 1 aliphatic heterocycles. The molecule has 1 atom stereocenters. The number of rotatable bonds is 4. The molecule has 3 aromatic rings. The third-order valence-electron chi connectivity index (χ3n) is 4.98. The summed E-state index contributed by atoms with van der Waals surface area (Å²) >= 11 is 0. The van der Waals surface area contributed by atoms with Crippen LogP contribution in [0.25, 0.3) is 5.82 Å². The SMILES string of the molecule is CN1C(N)=N[C@](C)(c2cc(NC(=O)c3cnc(-n4cccn4)cn3)ccc2F)CS1(=O)=O. The number of nitrogens with zero attached hydrogens (tertiary/aromatic N) is 6. The second-order valence-electron chi connectivity index (χ2n) is 7.33. The Morgan fingerprint density at radius 2 is 2.06 bits per heavy atom. The van der Waals surface area contributed by atoms with E-state index in [-0.39, 0.29) is 22.9 Å². The number of aliphatic imine (C=N–C) groups is 1. The standard InChI is InChI=1S/C19H19FN8O3S/c1-19(11-32(30,31)27(2)18(21)26-19)13-8-12(4-5-14(13)20)25-17(29)15-9-23-16(10-22-15)28-7-3-6-24-28/h3-10H,11H2,1-2H3,(H2,21,26)(H,25,29)/t19-/m0/s1. The van der Waals surface area contributed by atoms with Gasteiger partial charge in [0.05, 0.1) is 18.1 Å². The summed E-state index contributed by atoms with van der Waals surface area (Å²) < 4.78 is 41.8. The van der Waals surface area contributed by atoms with E-state index in [0.29, 0.717) is 5.82 Å². The number of hydrogen-bond donors (Lipinski definition) is 2. The molecular formula is C19H19FN8O3S. The van der Waals surface area contributed by atoms with Crippen LogP contribution in [0.5, 0.6) is 0 Å². The van der Waals surface area contributed by atoms with Crippen LogP contribution in [-0.2, 0) is 15.6 Å². The van der Waals surface area contributed by atoms with Gasteiger partial charge in [-0.25, -0.2) is 36.8 Å². The van der Waals surface area contributed by atoms with Gasteiger partial charge >= 0.3 is 0 Å². The van der Waals surface area contributed by atoms with Gasteiger partial charge < -0.3 is 11.1 Å². The van der Waals surface area contributed by atoms with Crippen LogP contribution in [-0.4, -0.2) is 57.1 Å². The number of amides is 1. The molecule has 32 heavy (non-hydrogen) atoms. The number of anilines is 1. The lowest BCUT2D eigenvalue weighted by atomic mass is 9.93. The summed E-state index contributed by atoms with van der Waals surface area (Å²) in [5.41, 5.74) is 4.52. The van der Waals surface area contributed by atoms with Gasteiger partial charge in [-0.15, -0.1) is 0 Å². The van der Waals surface area contributed by atoms with E-state index in [2.05, 4.69) is 25.4 Å². The maximum Gasteiger partial charge on any atom is 0.275 e. The fourth-order valence-electron chi connectivity index (χ4n) is 3.26. The number of nitrogens with two attached hydrogens (primary N) is 1.